The Morgan fingerprint density at radius 1 is 1.39 bits per heavy atom. The second-order valence-electron chi connectivity index (χ2n) is 5.06. The first-order valence-corrected chi connectivity index (χ1v) is 7.42. The average molecular weight is 258 g/mol. The quantitative estimate of drug-likeness (QED) is 0.838. The van der Waals surface area contributed by atoms with E-state index in [4.69, 9.17) is 0 Å². The third kappa shape index (κ3) is 2.47. The summed E-state index contributed by atoms with van der Waals surface area (Å²) in [5.41, 5.74) is 6.09. The van der Waals surface area contributed by atoms with Crippen LogP contribution in [0.5, 0.6) is 0 Å². The van der Waals surface area contributed by atoms with Crippen molar-refractivity contribution < 1.29 is 0 Å². The molecule has 18 heavy (non-hydrogen) atoms. The van der Waals surface area contributed by atoms with Gasteiger partial charge in [-0.05, 0) is 36.9 Å². The van der Waals surface area contributed by atoms with Crippen LogP contribution in [0.4, 0.5) is 0 Å². The highest BCUT2D eigenvalue weighted by atomic mass is 32.1. The molecule has 0 bridgehead atoms. The molecule has 0 spiro atoms. The number of thiazole rings is 1. The molecule has 0 aliphatic carbocycles. The molecule has 3 rings (SSSR count). The molecular weight excluding hydrogens is 240 g/mol. The van der Waals surface area contributed by atoms with E-state index in [0.29, 0.717) is 5.92 Å². The summed E-state index contributed by atoms with van der Waals surface area (Å²) in [7, 11) is 0. The van der Waals surface area contributed by atoms with Crippen LogP contribution >= 0.6 is 11.3 Å². The topological polar surface area (TPSA) is 16.1 Å². The Labute approximate surface area is 112 Å². The smallest absolute Gasteiger partial charge is 0.0795 e. The molecule has 1 atom stereocenters. The molecular formula is C15H18N2S. The summed E-state index contributed by atoms with van der Waals surface area (Å²) in [6.45, 7) is 5.59. The van der Waals surface area contributed by atoms with Gasteiger partial charge >= 0.3 is 0 Å². The van der Waals surface area contributed by atoms with E-state index in [2.05, 4.69) is 46.5 Å². The summed E-state index contributed by atoms with van der Waals surface area (Å²) < 4.78 is 0. The van der Waals surface area contributed by atoms with E-state index in [0.717, 1.165) is 6.54 Å². The maximum atomic E-state index is 4.37. The van der Waals surface area contributed by atoms with E-state index in [1.165, 1.54) is 36.3 Å². The molecule has 1 aliphatic heterocycles. The zero-order chi connectivity index (χ0) is 12.4. The number of aromatic nitrogens is 1. The molecule has 1 aromatic carbocycles. The molecule has 1 aliphatic rings. The average Bonchev–Trinajstić information content (AvgIpc) is 3.02. The maximum Gasteiger partial charge on any atom is 0.0795 e. The van der Waals surface area contributed by atoms with Gasteiger partial charge in [-0.15, -0.1) is 11.3 Å². The van der Waals surface area contributed by atoms with E-state index in [1.807, 2.05) is 5.51 Å². The Bertz CT molecular complexity index is 507. The van der Waals surface area contributed by atoms with E-state index < -0.39 is 0 Å². The molecule has 1 aromatic heterocycles. The number of likely N-dealkylation sites (tertiary alicyclic amines) is 1. The standard InChI is InChI=1S/C15H18N2S/c1-12-4-2-3-5-15(12)13-6-7-17(8-13)9-14-10-18-11-16-14/h2-5,10-11,13H,6-9H2,1H3. The Morgan fingerprint density at radius 2 is 2.28 bits per heavy atom. The minimum Gasteiger partial charge on any atom is -0.297 e. The molecule has 1 fully saturated rings. The summed E-state index contributed by atoms with van der Waals surface area (Å²) in [5, 5.41) is 2.15. The lowest BCUT2D eigenvalue weighted by atomic mass is 9.94. The second-order valence-corrected chi connectivity index (χ2v) is 5.78. The minimum atomic E-state index is 0.699. The Hall–Kier alpha value is -1.19. The monoisotopic (exact) mass is 258 g/mol. The number of hydrogen-bond donors (Lipinski definition) is 0. The van der Waals surface area contributed by atoms with Gasteiger partial charge in [-0.3, -0.25) is 4.90 Å². The first-order valence-electron chi connectivity index (χ1n) is 6.48. The molecule has 0 radical (unpaired) electrons. The van der Waals surface area contributed by atoms with Crippen molar-refractivity contribution >= 4 is 11.3 Å². The molecule has 94 valence electrons. The van der Waals surface area contributed by atoms with E-state index >= 15 is 0 Å². The molecule has 2 nitrogen and oxygen atoms in total. The molecule has 0 N–H and O–H groups in total. The van der Waals surface area contributed by atoms with Crippen LogP contribution in [-0.4, -0.2) is 23.0 Å². The summed E-state index contributed by atoms with van der Waals surface area (Å²) in [5.74, 6) is 0.699. The van der Waals surface area contributed by atoms with Gasteiger partial charge in [-0.2, -0.15) is 0 Å². The lowest BCUT2D eigenvalue weighted by Crippen LogP contribution is -2.20. The van der Waals surface area contributed by atoms with Gasteiger partial charge < -0.3 is 0 Å². The van der Waals surface area contributed by atoms with Crippen molar-refractivity contribution in [1.29, 1.82) is 0 Å². The van der Waals surface area contributed by atoms with Gasteiger partial charge in [0.25, 0.3) is 0 Å². The van der Waals surface area contributed by atoms with Crippen LogP contribution in [0.3, 0.4) is 0 Å². The van der Waals surface area contributed by atoms with E-state index in [1.54, 1.807) is 11.3 Å². The highest BCUT2D eigenvalue weighted by Crippen LogP contribution is 2.29. The van der Waals surface area contributed by atoms with Crippen molar-refractivity contribution in [2.24, 2.45) is 0 Å². The van der Waals surface area contributed by atoms with Gasteiger partial charge in [0, 0.05) is 18.5 Å². The Morgan fingerprint density at radius 3 is 3.06 bits per heavy atom. The second kappa shape index (κ2) is 5.21. The third-order valence-electron chi connectivity index (χ3n) is 3.77. The van der Waals surface area contributed by atoms with Gasteiger partial charge in [-0.1, -0.05) is 24.3 Å². The van der Waals surface area contributed by atoms with Gasteiger partial charge in [0.2, 0.25) is 0 Å². The summed E-state index contributed by atoms with van der Waals surface area (Å²) in [6, 6.07) is 8.79. The van der Waals surface area contributed by atoms with Crippen molar-refractivity contribution in [3.63, 3.8) is 0 Å². The van der Waals surface area contributed by atoms with Crippen LogP contribution in [0, 0.1) is 6.92 Å². The highest BCUT2D eigenvalue weighted by Gasteiger charge is 2.24. The predicted octanol–water partition coefficient (Wildman–Crippen LogP) is 3.44. The summed E-state index contributed by atoms with van der Waals surface area (Å²) >= 11 is 1.68. The first-order chi connectivity index (χ1) is 8.83. The third-order valence-corrected chi connectivity index (χ3v) is 4.41. The lowest BCUT2D eigenvalue weighted by Gasteiger charge is -2.16. The van der Waals surface area contributed by atoms with Crippen molar-refractivity contribution in [1.82, 2.24) is 9.88 Å². The first kappa shape index (κ1) is 11.9. The fraction of sp³-hybridized carbons (Fsp3) is 0.400. The van der Waals surface area contributed by atoms with Crippen molar-refractivity contribution in [2.45, 2.75) is 25.8 Å². The van der Waals surface area contributed by atoms with Crippen LogP contribution in [-0.2, 0) is 6.54 Å². The Kier molecular flexibility index (Phi) is 3.43. The van der Waals surface area contributed by atoms with Gasteiger partial charge in [0.15, 0.2) is 0 Å². The molecule has 3 heteroatoms. The highest BCUT2D eigenvalue weighted by molar-refractivity contribution is 7.07. The zero-order valence-corrected chi connectivity index (χ0v) is 11.5. The Balaban J connectivity index is 1.67. The normalized spacial score (nSPS) is 20.4. The van der Waals surface area contributed by atoms with Gasteiger partial charge in [0.1, 0.15) is 0 Å². The van der Waals surface area contributed by atoms with Crippen molar-refractivity contribution in [3.8, 4) is 0 Å². The molecule has 0 amide bonds. The molecule has 1 saturated heterocycles. The largest absolute Gasteiger partial charge is 0.297 e. The fourth-order valence-corrected chi connectivity index (χ4v) is 3.37. The lowest BCUT2D eigenvalue weighted by molar-refractivity contribution is 0.323. The maximum absolute atomic E-state index is 4.37. The molecule has 1 unspecified atom stereocenters. The van der Waals surface area contributed by atoms with Crippen LogP contribution in [0.1, 0.15) is 29.2 Å². The molecule has 2 heterocycles. The number of hydrogen-bond acceptors (Lipinski definition) is 3. The van der Waals surface area contributed by atoms with Crippen molar-refractivity contribution in [3.05, 3.63) is 52.0 Å². The predicted molar refractivity (Wildman–Crippen MR) is 75.9 cm³/mol. The van der Waals surface area contributed by atoms with E-state index in [9.17, 15) is 0 Å². The van der Waals surface area contributed by atoms with Crippen LogP contribution in [0.2, 0.25) is 0 Å². The summed E-state index contributed by atoms with van der Waals surface area (Å²) in [4.78, 5) is 6.89. The van der Waals surface area contributed by atoms with Crippen molar-refractivity contribution in [2.75, 3.05) is 13.1 Å². The number of rotatable bonds is 3. The van der Waals surface area contributed by atoms with Crippen LogP contribution in [0.25, 0.3) is 0 Å². The van der Waals surface area contributed by atoms with Gasteiger partial charge in [-0.25, -0.2) is 4.98 Å². The van der Waals surface area contributed by atoms with E-state index in [-0.39, 0.29) is 0 Å². The number of nitrogens with zero attached hydrogens (tertiary/aromatic N) is 2. The number of aryl methyl sites for hydroxylation is 1. The molecule has 2 aromatic rings. The SMILES string of the molecule is Cc1ccccc1C1CCN(Cc2cscn2)C1. The number of benzene rings is 1. The van der Waals surface area contributed by atoms with Crippen LogP contribution < -0.4 is 0 Å². The minimum absolute atomic E-state index is 0.699. The summed E-state index contributed by atoms with van der Waals surface area (Å²) in [6.07, 6.45) is 1.27. The van der Waals surface area contributed by atoms with Crippen LogP contribution in [0.15, 0.2) is 35.2 Å². The fourth-order valence-electron chi connectivity index (χ4n) is 2.82. The molecule has 0 saturated carbocycles. The zero-order valence-electron chi connectivity index (χ0n) is 10.7. The van der Waals surface area contributed by atoms with Gasteiger partial charge in [0.05, 0.1) is 11.2 Å².